The summed E-state index contributed by atoms with van der Waals surface area (Å²) in [6.07, 6.45) is 2.03. The summed E-state index contributed by atoms with van der Waals surface area (Å²) in [5.74, 6) is -0.285. The fourth-order valence-electron chi connectivity index (χ4n) is 3.08. The molecule has 158 valence electrons. The minimum absolute atomic E-state index is 0.105. The van der Waals surface area contributed by atoms with Crippen molar-refractivity contribution in [1.29, 1.82) is 0 Å². The van der Waals surface area contributed by atoms with Gasteiger partial charge in [-0.05, 0) is 49.2 Å². The maximum atomic E-state index is 12.7. The summed E-state index contributed by atoms with van der Waals surface area (Å²) in [4.78, 5) is 40.7. The highest BCUT2D eigenvalue weighted by Gasteiger charge is 2.25. The van der Waals surface area contributed by atoms with E-state index in [1.54, 1.807) is 30.3 Å². The highest BCUT2D eigenvalue weighted by molar-refractivity contribution is 7.99. The van der Waals surface area contributed by atoms with E-state index in [1.807, 2.05) is 24.3 Å². The SMILES string of the molecule is CC(=O)Nc1ccc(NC(=O)CSc2cc(C(=O)NC3CC3)c3ccccc3n2)cc1. The lowest BCUT2D eigenvalue weighted by Gasteiger charge is -2.10. The van der Waals surface area contributed by atoms with E-state index in [4.69, 9.17) is 0 Å². The maximum Gasteiger partial charge on any atom is 0.252 e. The van der Waals surface area contributed by atoms with E-state index in [9.17, 15) is 14.4 Å². The van der Waals surface area contributed by atoms with Crippen LogP contribution in [0.2, 0.25) is 0 Å². The van der Waals surface area contributed by atoms with Gasteiger partial charge in [-0.3, -0.25) is 14.4 Å². The van der Waals surface area contributed by atoms with Gasteiger partial charge in [0.2, 0.25) is 11.8 Å². The van der Waals surface area contributed by atoms with Gasteiger partial charge in [-0.1, -0.05) is 30.0 Å². The number of amides is 3. The molecule has 1 saturated carbocycles. The van der Waals surface area contributed by atoms with E-state index in [-0.39, 0.29) is 29.5 Å². The highest BCUT2D eigenvalue weighted by atomic mass is 32.2. The molecule has 7 nitrogen and oxygen atoms in total. The van der Waals surface area contributed by atoms with Gasteiger partial charge in [0.05, 0.1) is 21.9 Å². The van der Waals surface area contributed by atoms with Gasteiger partial charge in [-0.25, -0.2) is 4.98 Å². The Kier molecular flexibility index (Phi) is 6.18. The zero-order chi connectivity index (χ0) is 21.8. The van der Waals surface area contributed by atoms with Gasteiger partial charge in [-0.2, -0.15) is 0 Å². The summed E-state index contributed by atoms with van der Waals surface area (Å²) in [5.41, 5.74) is 2.60. The fraction of sp³-hybridized carbons (Fsp3) is 0.217. The molecule has 0 aliphatic heterocycles. The van der Waals surface area contributed by atoms with Crippen LogP contribution >= 0.6 is 11.8 Å². The first-order valence-electron chi connectivity index (χ1n) is 9.99. The van der Waals surface area contributed by atoms with Crippen LogP contribution in [0.25, 0.3) is 10.9 Å². The summed E-state index contributed by atoms with van der Waals surface area (Å²) < 4.78 is 0. The van der Waals surface area contributed by atoms with Gasteiger partial charge in [0.15, 0.2) is 0 Å². The Morgan fingerprint density at radius 1 is 1.00 bits per heavy atom. The van der Waals surface area contributed by atoms with E-state index < -0.39 is 0 Å². The second-order valence-corrected chi connectivity index (χ2v) is 8.36. The number of nitrogens with zero attached hydrogens (tertiary/aromatic N) is 1. The second-order valence-electron chi connectivity index (χ2n) is 7.37. The van der Waals surface area contributed by atoms with Crippen molar-refractivity contribution in [1.82, 2.24) is 10.3 Å². The quantitative estimate of drug-likeness (QED) is 0.491. The van der Waals surface area contributed by atoms with E-state index in [0.717, 1.165) is 23.7 Å². The van der Waals surface area contributed by atoms with Crippen molar-refractivity contribution in [3.05, 3.63) is 60.2 Å². The zero-order valence-electron chi connectivity index (χ0n) is 17.0. The Labute approximate surface area is 184 Å². The van der Waals surface area contributed by atoms with Crippen LogP contribution in [0.5, 0.6) is 0 Å². The average molecular weight is 435 g/mol. The van der Waals surface area contributed by atoms with Crippen molar-refractivity contribution in [3.8, 4) is 0 Å². The molecule has 8 heteroatoms. The smallest absolute Gasteiger partial charge is 0.252 e. The Morgan fingerprint density at radius 3 is 2.35 bits per heavy atom. The molecule has 3 amide bonds. The molecule has 1 fully saturated rings. The number of thioether (sulfide) groups is 1. The molecular weight excluding hydrogens is 412 g/mol. The van der Waals surface area contributed by atoms with Gasteiger partial charge in [0, 0.05) is 29.7 Å². The van der Waals surface area contributed by atoms with Crippen LogP contribution in [0.3, 0.4) is 0 Å². The van der Waals surface area contributed by atoms with Crippen molar-refractivity contribution in [3.63, 3.8) is 0 Å². The number of para-hydroxylation sites is 1. The molecule has 4 rings (SSSR count). The Morgan fingerprint density at radius 2 is 1.68 bits per heavy atom. The number of carbonyl (C=O) groups excluding carboxylic acids is 3. The molecule has 1 aromatic heterocycles. The molecule has 1 heterocycles. The number of hydrogen-bond donors (Lipinski definition) is 3. The Hall–Kier alpha value is -3.39. The summed E-state index contributed by atoms with van der Waals surface area (Å²) in [5, 5.41) is 9.94. The van der Waals surface area contributed by atoms with Gasteiger partial charge in [0.25, 0.3) is 5.91 Å². The molecule has 0 radical (unpaired) electrons. The van der Waals surface area contributed by atoms with Crippen LogP contribution in [0.15, 0.2) is 59.6 Å². The van der Waals surface area contributed by atoms with Crippen molar-refractivity contribution >= 4 is 51.8 Å². The lowest BCUT2D eigenvalue weighted by Crippen LogP contribution is -2.25. The first-order valence-corrected chi connectivity index (χ1v) is 11.0. The Bertz CT molecular complexity index is 1140. The molecule has 31 heavy (non-hydrogen) atoms. The third kappa shape index (κ3) is 5.61. The van der Waals surface area contributed by atoms with E-state index >= 15 is 0 Å². The number of aromatic nitrogens is 1. The van der Waals surface area contributed by atoms with Crippen LogP contribution < -0.4 is 16.0 Å². The largest absolute Gasteiger partial charge is 0.349 e. The predicted octanol–water partition coefficient (Wildman–Crippen LogP) is 3.82. The number of pyridine rings is 1. The predicted molar refractivity (Wildman–Crippen MR) is 122 cm³/mol. The fourth-order valence-corrected chi connectivity index (χ4v) is 3.80. The molecule has 2 aromatic carbocycles. The number of benzene rings is 2. The third-order valence-electron chi connectivity index (χ3n) is 4.69. The maximum absolute atomic E-state index is 12.7. The zero-order valence-corrected chi connectivity index (χ0v) is 17.8. The molecule has 3 aromatic rings. The molecule has 0 bridgehead atoms. The van der Waals surface area contributed by atoms with E-state index in [0.29, 0.717) is 22.0 Å². The minimum Gasteiger partial charge on any atom is -0.349 e. The molecule has 1 aliphatic rings. The lowest BCUT2D eigenvalue weighted by molar-refractivity contribution is -0.114. The number of fused-ring (bicyclic) bond motifs is 1. The second kappa shape index (κ2) is 9.18. The summed E-state index contributed by atoms with van der Waals surface area (Å²) in [6, 6.07) is 16.4. The molecule has 0 saturated heterocycles. The molecule has 1 aliphatic carbocycles. The number of rotatable bonds is 7. The number of nitrogens with one attached hydrogen (secondary N) is 3. The van der Waals surface area contributed by atoms with E-state index in [2.05, 4.69) is 20.9 Å². The molecule has 0 unspecified atom stereocenters. The summed E-state index contributed by atoms with van der Waals surface area (Å²) >= 11 is 1.28. The molecule has 3 N–H and O–H groups in total. The summed E-state index contributed by atoms with van der Waals surface area (Å²) in [6.45, 7) is 1.44. The monoisotopic (exact) mass is 434 g/mol. The lowest BCUT2D eigenvalue weighted by atomic mass is 10.1. The average Bonchev–Trinajstić information content (AvgIpc) is 3.56. The van der Waals surface area contributed by atoms with Crippen LogP contribution in [-0.2, 0) is 9.59 Å². The first-order chi connectivity index (χ1) is 15.0. The van der Waals surface area contributed by atoms with Crippen LogP contribution in [-0.4, -0.2) is 34.5 Å². The normalized spacial score (nSPS) is 12.9. The van der Waals surface area contributed by atoms with Crippen LogP contribution in [0, 0.1) is 0 Å². The number of hydrogen-bond acceptors (Lipinski definition) is 5. The van der Waals surface area contributed by atoms with Crippen LogP contribution in [0.4, 0.5) is 11.4 Å². The van der Waals surface area contributed by atoms with E-state index in [1.165, 1.54) is 18.7 Å². The molecular formula is C23H22N4O3S. The number of anilines is 2. The summed E-state index contributed by atoms with van der Waals surface area (Å²) in [7, 11) is 0. The third-order valence-corrected chi connectivity index (χ3v) is 5.60. The minimum atomic E-state index is -0.184. The van der Waals surface area contributed by atoms with Crippen molar-refractivity contribution in [2.45, 2.75) is 30.8 Å². The standard InChI is InChI=1S/C23H22N4O3S/c1-14(28)24-15-6-8-16(9-7-15)25-21(29)13-31-22-12-19(23(30)26-17-10-11-17)18-4-2-3-5-20(18)27-22/h2-9,12,17H,10-11,13H2,1H3,(H,24,28)(H,25,29)(H,26,30). The van der Waals surface area contributed by atoms with Crippen molar-refractivity contribution in [2.75, 3.05) is 16.4 Å². The topological polar surface area (TPSA) is 100 Å². The molecule has 0 spiro atoms. The van der Waals surface area contributed by atoms with Gasteiger partial charge in [0.1, 0.15) is 0 Å². The van der Waals surface area contributed by atoms with Crippen molar-refractivity contribution in [2.24, 2.45) is 0 Å². The highest BCUT2D eigenvalue weighted by Crippen LogP contribution is 2.26. The van der Waals surface area contributed by atoms with Crippen molar-refractivity contribution < 1.29 is 14.4 Å². The first kappa shape index (κ1) is 20.9. The van der Waals surface area contributed by atoms with Gasteiger partial charge >= 0.3 is 0 Å². The number of carbonyl (C=O) groups is 3. The van der Waals surface area contributed by atoms with Crippen LogP contribution in [0.1, 0.15) is 30.1 Å². The Balaban J connectivity index is 1.42. The van der Waals surface area contributed by atoms with Gasteiger partial charge in [-0.15, -0.1) is 0 Å². The molecule has 0 atom stereocenters. The van der Waals surface area contributed by atoms with Gasteiger partial charge < -0.3 is 16.0 Å².